The van der Waals surface area contributed by atoms with E-state index in [1.54, 1.807) is 0 Å². The minimum atomic E-state index is -1.78. The number of amides is 1. The van der Waals surface area contributed by atoms with Crippen molar-refractivity contribution < 1.29 is 64.6 Å². The minimum Gasteiger partial charge on any atom is -0.394 e. The van der Waals surface area contributed by atoms with Gasteiger partial charge in [0.15, 0.2) is 12.6 Å². The van der Waals surface area contributed by atoms with Crippen LogP contribution in [0.5, 0.6) is 0 Å². The average molecular weight is 1110 g/mol. The van der Waals surface area contributed by atoms with Gasteiger partial charge in [-0.1, -0.05) is 249 Å². The quantitative estimate of drug-likeness (QED) is 0.0204. The van der Waals surface area contributed by atoms with Gasteiger partial charge < -0.3 is 65.1 Å². The largest absolute Gasteiger partial charge is 0.394 e. The number of rotatable bonds is 52. The van der Waals surface area contributed by atoms with E-state index in [1.165, 1.54) is 173 Å². The van der Waals surface area contributed by atoms with E-state index in [2.05, 4.69) is 55.6 Å². The molecule has 12 unspecified atom stereocenters. The number of carbonyl (C=O) groups excluding carboxylic acids is 1. The number of carbonyl (C=O) groups is 1. The molecule has 12 atom stereocenters. The Morgan fingerprint density at radius 3 is 1.29 bits per heavy atom. The maximum Gasteiger partial charge on any atom is 0.220 e. The first-order valence-electron chi connectivity index (χ1n) is 32.2. The Balaban J connectivity index is 1.46. The lowest BCUT2D eigenvalue weighted by atomic mass is 9.97. The molecule has 2 saturated heterocycles. The fraction of sp³-hybridized carbons (Fsp3) is 0.891. The standard InChI is InChI=1S/C64H119NO13/c1-3-5-7-9-10-11-12-13-14-15-16-17-18-19-20-21-22-23-24-25-26-27-28-29-30-31-32-33-34-35-36-37-38-39-40-41-42-44-46-48-56(69)65-52(53(68)47-45-43-8-6-4-2)51-75-63-61(74)59(72)62(55(50-67)77-63)78-64-60(73)58(71)57(70)54(49-66)76-64/h12-13,15-16,18-19,52-55,57-64,66-68,70-74H,3-11,14,17,20-51H2,1-2H3,(H,65,69)/b13-12-,16-15-,19-18-. The Kier molecular flexibility index (Phi) is 46.2. The molecule has 0 spiro atoms. The van der Waals surface area contributed by atoms with E-state index in [4.69, 9.17) is 18.9 Å². The fourth-order valence-electron chi connectivity index (χ4n) is 10.7. The highest BCUT2D eigenvalue weighted by atomic mass is 16.7. The molecule has 0 radical (unpaired) electrons. The van der Waals surface area contributed by atoms with Gasteiger partial charge in [0, 0.05) is 6.42 Å². The Bertz CT molecular complexity index is 1450. The SMILES string of the molecule is CCCCCCC/C=C\C/C=C\C/C=C\CCCCCCCCCCCCCCCCCCCCCCCCCCC(=O)NC(COC1OC(CO)C(OC2OC(CO)C(O)C(O)C2O)C(O)C1O)C(O)CCCCCCC. The van der Waals surface area contributed by atoms with Crippen LogP contribution < -0.4 is 5.32 Å². The summed E-state index contributed by atoms with van der Waals surface area (Å²) in [5, 5.41) is 86.6. The van der Waals surface area contributed by atoms with Crippen molar-refractivity contribution in [3.63, 3.8) is 0 Å². The molecule has 0 saturated carbocycles. The highest BCUT2D eigenvalue weighted by Crippen LogP contribution is 2.30. The molecule has 0 aromatic rings. The van der Waals surface area contributed by atoms with Crippen LogP contribution in [0.2, 0.25) is 0 Å². The summed E-state index contributed by atoms with van der Waals surface area (Å²) in [6, 6.07) is -0.822. The normalized spacial score (nSPS) is 24.7. The minimum absolute atomic E-state index is 0.210. The number of aliphatic hydroxyl groups is 8. The van der Waals surface area contributed by atoms with E-state index in [0.717, 1.165) is 70.6 Å². The zero-order valence-corrected chi connectivity index (χ0v) is 49.4. The number of hydrogen-bond donors (Lipinski definition) is 9. The summed E-state index contributed by atoms with van der Waals surface area (Å²) in [7, 11) is 0. The zero-order valence-electron chi connectivity index (χ0n) is 49.4. The maximum atomic E-state index is 13.1. The van der Waals surface area contributed by atoms with Gasteiger partial charge in [0.2, 0.25) is 5.91 Å². The molecule has 1 amide bonds. The van der Waals surface area contributed by atoms with Crippen molar-refractivity contribution in [3.8, 4) is 0 Å². The predicted molar refractivity (Wildman–Crippen MR) is 314 cm³/mol. The molecule has 14 heteroatoms. The molecule has 0 aromatic carbocycles. The van der Waals surface area contributed by atoms with Crippen molar-refractivity contribution in [3.05, 3.63) is 36.5 Å². The molecule has 0 aliphatic carbocycles. The Morgan fingerprint density at radius 2 is 0.846 bits per heavy atom. The number of unbranched alkanes of at least 4 members (excludes halogenated alkanes) is 33. The summed E-state index contributed by atoms with van der Waals surface area (Å²) in [5.41, 5.74) is 0. The lowest BCUT2D eigenvalue weighted by molar-refractivity contribution is -0.359. The summed E-state index contributed by atoms with van der Waals surface area (Å²) in [4.78, 5) is 13.1. The van der Waals surface area contributed by atoms with E-state index >= 15 is 0 Å². The van der Waals surface area contributed by atoms with Crippen molar-refractivity contribution >= 4 is 5.91 Å². The molecule has 458 valence electrons. The molecule has 14 nitrogen and oxygen atoms in total. The summed E-state index contributed by atoms with van der Waals surface area (Å²) in [6.07, 6.45) is 45.5. The van der Waals surface area contributed by atoms with E-state index in [9.17, 15) is 45.6 Å². The topological polar surface area (TPSA) is 228 Å². The second-order valence-electron chi connectivity index (χ2n) is 22.9. The van der Waals surface area contributed by atoms with Crippen molar-refractivity contribution in [2.75, 3.05) is 19.8 Å². The molecule has 2 fully saturated rings. The molecule has 9 N–H and O–H groups in total. The van der Waals surface area contributed by atoms with Crippen LogP contribution in [-0.4, -0.2) is 140 Å². The van der Waals surface area contributed by atoms with Gasteiger partial charge >= 0.3 is 0 Å². The molecular formula is C64H119NO13. The number of hydrogen-bond acceptors (Lipinski definition) is 13. The zero-order chi connectivity index (χ0) is 56.7. The molecular weight excluding hydrogens is 991 g/mol. The van der Waals surface area contributed by atoms with Gasteiger partial charge in [0.05, 0.1) is 32.0 Å². The first-order valence-corrected chi connectivity index (χ1v) is 32.2. The number of aliphatic hydroxyl groups excluding tert-OH is 8. The molecule has 0 aromatic heterocycles. The molecule has 2 heterocycles. The third-order valence-corrected chi connectivity index (χ3v) is 15.9. The second-order valence-corrected chi connectivity index (χ2v) is 22.9. The highest BCUT2D eigenvalue weighted by molar-refractivity contribution is 5.76. The number of nitrogens with one attached hydrogen (secondary N) is 1. The third kappa shape index (κ3) is 34.6. The summed E-state index contributed by atoms with van der Waals surface area (Å²) < 4.78 is 22.7. The molecule has 2 rings (SSSR count). The van der Waals surface area contributed by atoms with Crippen molar-refractivity contribution in [2.24, 2.45) is 0 Å². The van der Waals surface area contributed by atoms with E-state index < -0.39 is 86.8 Å². The van der Waals surface area contributed by atoms with Crippen LogP contribution >= 0.6 is 0 Å². The van der Waals surface area contributed by atoms with Crippen molar-refractivity contribution in [1.82, 2.24) is 5.32 Å². The first kappa shape index (κ1) is 72.3. The lowest BCUT2D eigenvalue weighted by Gasteiger charge is -2.46. The second kappa shape index (κ2) is 49.8. The van der Waals surface area contributed by atoms with Crippen molar-refractivity contribution in [1.29, 1.82) is 0 Å². The van der Waals surface area contributed by atoms with Crippen LogP contribution in [-0.2, 0) is 23.7 Å². The summed E-state index contributed by atoms with van der Waals surface area (Å²) >= 11 is 0. The average Bonchev–Trinajstić information content (AvgIpc) is 3.47. The summed E-state index contributed by atoms with van der Waals surface area (Å²) in [6.45, 7) is 2.76. The van der Waals surface area contributed by atoms with Crippen LogP contribution in [0.25, 0.3) is 0 Å². The smallest absolute Gasteiger partial charge is 0.220 e. The monoisotopic (exact) mass is 1110 g/mol. The van der Waals surface area contributed by atoms with Gasteiger partial charge in [-0.2, -0.15) is 0 Å². The molecule has 2 aliphatic heterocycles. The van der Waals surface area contributed by atoms with Gasteiger partial charge in [-0.3, -0.25) is 4.79 Å². The fourth-order valence-corrected chi connectivity index (χ4v) is 10.7. The van der Waals surface area contributed by atoms with Crippen LogP contribution in [0.4, 0.5) is 0 Å². The van der Waals surface area contributed by atoms with E-state index in [-0.39, 0.29) is 12.5 Å². The maximum absolute atomic E-state index is 13.1. The van der Waals surface area contributed by atoms with Crippen LogP contribution in [0, 0.1) is 0 Å². The molecule has 78 heavy (non-hydrogen) atoms. The first-order chi connectivity index (χ1) is 38.1. The lowest BCUT2D eigenvalue weighted by Crippen LogP contribution is -2.65. The highest BCUT2D eigenvalue weighted by Gasteiger charge is 2.51. The van der Waals surface area contributed by atoms with Gasteiger partial charge in [0.1, 0.15) is 48.8 Å². The Morgan fingerprint density at radius 1 is 0.462 bits per heavy atom. The third-order valence-electron chi connectivity index (χ3n) is 15.9. The Hall–Kier alpha value is -1.79. The van der Waals surface area contributed by atoms with Crippen LogP contribution in [0.3, 0.4) is 0 Å². The van der Waals surface area contributed by atoms with E-state index in [1.807, 2.05) is 0 Å². The van der Waals surface area contributed by atoms with Crippen LogP contribution in [0.1, 0.15) is 271 Å². The number of allylic oxidation sites excluding steroid dienone is 6. The van der Waals surface area contributed by atoms with Crippen LogP contribution in [0.15, 0.2) is 36.5 Å². The number of ether oxygens (including phenoxy) is 4. The predicted octanol–water partition coefficient (Wildman–Crippen LogP) is 11.8. The molecule has 0 bridgehead atoms. The van der Waals surface area contributed by atoms with Crippen molar-refractivity contribution in [2.45, 2.75) is 344 Å². The molecule has 2 aliphatic rings. The van der Waals surface area contributed by atoms with Gasteiger partial charge in [-0.25, -0.2) is 0 Å². The van der Waals surface area contributed by atoms with Gasteiger partial charge in [0.25, 0.3) is 0 Å². The van der Waals surface area contributed by atoms with Gasteiger partial charge in [-0.15, -0.1) is 0 Å². The van der Waals surface area contributed by atoms with E-state index in [0.29, 0.717) is 12.8 Å². The van der Waals surface area contributed by atoms with Gasteiger partial charge in [-0.05, 0) is 51.4 Å². The summed E-state index contributed by atoms with van der Waals surface area (Å²) in [5.74, 6) is -0.210. The Labute approximate surface area is 474 Å².